The molecule has 3 aromatic rings. The van der Waals surface area contributed by atoms with Gasteiger partial charge in [-0.3, -0.25) is 0 Å². The molecule has 0 saturated heterocycles. The molecule has 24 heavy (non-hydrogen) atoms. The molecule has 0 amide bonds. The van der Waals surface area contributed by atoms with Crippen LogP contribution in [0.5, 0.6) is 0 Å². The maximum Gasteiger partial charge on any atom is 0.0479 e. The van der Waals surface area contributed by atoms with Crippen LogP contribution in [0.3, 0.4) is 0 Å². The molecule has 0 radical (unpaired) electrons. The SMILES string of the molecule is c1ccc(C(c2ccccc2)(c2ccccc2)C2CCCC2)cc1. The van der Waals surface area contributed by atoms with Crippen molar-refractivity contribution in [1.82, 2.24) is 0 Å². The van der Waals surface area contributed by atoms with Gasteiger partial charge in [-0.05, 0) is 35.4 Å². The molecule has 0 nitrogen and oxygen atoms in total. The topological polar surface area (TPSA) is 0 Å². The summed E-state index contributed by atoms with van der Waals surface area (Å²) >= 11 is 0. The molecular weight excluding hydrogens is 288 g/mol. The average Bonchev–Trinajstić information content (AvgIpc) is 3.20. The molecule has 1 saturated carbocycles. The van der Waals surface area contributed by atoms with E-state index in [-0.39, 0.29) is 5.41 Å². The maximum atomic E-state index is 2.32. The first-order valence-electron chi connectivity index (χ1n) is 9.09. The molecule has 0 bridgehead atoms. The molecule has 120 valence electrons. The second kappa shape index (κ2) is 6.65. The molecule has 0 N–H and O–H groups in total. The van der Waals surface area contributed by atoms with Crippen molar-refractivity contribution in [2.45, 2.75) is 31.1 Å². The van der Waals surface area contributed by atoms with E-state index in [2.05, 4.69) is 91.0 Å². The number of benzene rings is 3. The first-order chi connectivity index (χ1) is 11.9. The van der Waals surface area contributed by atoms with Gasteiger partial charge >= 0.3 is 0 Å². The van der Waals surface area contributed by atoms with Gasteiger partial charge in [-0.25, -0.2) is 0 Å². The molecule has 1 aliphatic rings. The average molecular weight is 312 g/mol. The van der Waals surface area contributed by atoms with Crippen LogP contribution in [-0.2, 0) is 5.41 Å². The Kier molecular flexibility index (Phi) is 4.21. The van der Waals surface area contributed by atoms with Gasteiger partial charge in [0.2, 0.25) is 0 Å². The molecule has 1 aliphatic carbocycles. The lowest BCUT2D eigenvalue weighted by Crippen LogP contribution is -2.36. The highest BCUT2D eigenvalue weighted by molar-refractivity contribution is 5.51. The van der Waals surface area contributed by atoms with E-state index in [4.69, 9.17) is 0 Å². The van der Waals surface area contributed by atoms with Crippen molar-refractivity contribution in [3.63, 3.8) is 0 Å². The zero-order valence-electron chi connectivity index (χ0n) is 14.1. The fourth-order valence-electron chi connectivity index (χ4n) is 4.67. The lowest BCUT2D eigenvalue weighted by molar-refractivity contribution is 0.381. The Labute approximate surface area is 145 Å². The van der Waals surface area contributed by atoms with Crippen molar-refractivity contribution in [1.29, 1.82) is 0 Å². The van der Waals surface area contributed by atoms with E-state index in [9.17, 15) is 0 Å². The Morgan fingerprint density at radius 3 is 1.17 bits per heavy atom. The van der Waals surface area contributed by atoms with Crippen LogP contribution in [0, 0.1) is 5.92 Å². The van der Waals surface area contributed by atoms with Gasteiger partial charge in [0.05, 0.1) is 0 Å². The summed E-state index contributed by atoms with van der Waals surface area (Å²) in [7, 11) is 0. The Hall–Kier alpha value is -2.34. The molecule has 0 aromatic heterocycles. The molecular formula is C24H24. The molecule has 0 aliphatic heterocycles. The highest BCUT2D eigenvalue weighted by Crippen LogP contribution is 2.51. The minimum absolute atomic E-state index is 0.0414. The molecule has 1 fully saturated rings. The summed E-state index contributed by atoms with van der Waals surface area (Å²) in [5.74, 6) is 0.657. The smallest absolute Gasteiger partial charge is 0.0479 e. The molecule has 0 atom stereocenters. The van der Waals surface area contributed by atoms with E-state index in [0.29, 0.717) is 5.92 Å². The van der Waals surface area contributed by atoms with E-state index in [1.165, 1.54) is 42.4 Å². The van der Waals surface area contributed by atoms with E-state index in [0.717, 1.165) is 0 Å². The van der Waals surface area contributed by atoms with Crippen LogP contribution in [0.25, 0.3) is 0 Å². The van der Waals surface area contributed by atoms with Gasteiger partial charge < -0.3 is 0 Å². The van der Waals surface area contributed by atoms with E-state index < -0.39 is 0 Å². The van der Waals surface area contributed by atoms with E-state index >= 15 is 0 Å². The predicted octanol–water partition coefficient (Wildman–Crippen LogP) is 6.21. The first kappa shape index (κ1) is 15.2. The molecule has 3 aromatic carbocycles. The van der Waals surface area contributed by atoms with Crippen molar-refractivity contribution in [2.24, 2.45) is 5.92 Å². The zero-order chi connectivity index (χ0) is 16.2. The zero-order valence-corrected chi connectivity index (χ0v) is 14.1. The molecule has 0 heterocycles. The summed E-state index contributed by atoms with van der Waals surface area (Å²) < 4.78 is 0. The van der Waals surface area contributed by atoms with Crippen LogP contribution in [0.4, 0.5) is 0 Å². The van der Waals surface area contributed by atoms with Crippen molar-refractivity contribution < 1.29 is 0 Å². The summed E-state index contributed by atoms with van der Waals surface area (Å²) in [6.45, 7) is 0. The fourth-order valence-corrected chi connectivity index (χ4v) is 4.67. The van der Waals surface area contributed by atoms with Crippen LogP contribution in [0.2, 0.25) is 0 Å². The Morgan fingerprint density at radius 1 is 0.500 bits per heavy atom. The van der Waals surface area contributed by atoms with E-state index in [1.807, 2.05) is 0 Å². The van der Waals surface area contributed by atoms with Gasteiger partial charge in [0.25, 0.3) is 0 Å². The largest absolute Gasteiger partial charge is 0.0622 e. The van der Waals surface area contributed by atoms with Crippen LogP contribution in [0.1, 0.15) is 42.4 Å². The second-order valence-electron chi connectivity index (χ2n) is 6.89. The summed E-state index contributed by atoms with van der Waals surface area (Å²) in [6, 6.07) is 33.4. The van der Waals surface area contributed by atoms with E-state index in [1.54, 1.807) is 0 Å². The van der Waals surface area contributed by atoms with Crippen molar-refractivity contribution in [3.8, 4) is 0 Å². The molecule has 0 heteroatoms. The lowest BCUT2D eigenvalue weighted by Gasteiger charge is -2.41. The number of rotatable bonds is 4. The monoisotopic (exact) mass is 312 g/mol. The van der Waals surface area contributed by atoms with Gasteiger partial charge in [0.15, 0.2) is 0 Å². The summed E-state index contributed by atoms with van der Waals surface area (Å²) in [5.41, 5.74) is 4.23. The summed E-state index contributed by atoms with van der Waals surface area (Å²) in [6.07, 6.45) is 5.30. The Bertz CT molecular complexity index is 656. The highest BCUT2D eigenvalue weighted by atomic mass is 14.5. The fraction of sp³-hybridized carbons (Fsp3) is 0.250. The van der Waals surface area contributed by atoms with Gasteiger partial charge in [-0.2, -0.15) is 0 Å². The number of hydrogen-bond donors (Lipinski definition) is 0. The summed E-state index contributed by atoms with van der Waals surface area (Å²) in [4.78, 5) is 0. The van der Waals surface area contributed by atoms with Crippen LogP contribution in [0.15, 0.2) is 91.0 Å². The normalized spacial score (nSPS) is 15.5. The third-order valence-electron chi connectivity index (χ3n) is 5.65. The van der Waals surface area contributed by atoms with Gasteiger partial charge in [0.1, 0.15) is 0 Å². The standard InChI is InChI=1S/C24H24/c1-4-12-20(13-5-1)24(23-18-10-11-19-23,21-14-6-2-7-15-21)22-16-8-3-9-17-22/h1-9,12-17,23H,10-11,18-19H2. The minimum atomic E-state index is -0.0414. The first-order valence-corrected chi connectivity index (χ1v) is 9.09. The Morgan fingerprint density at radius 2 is 0.833 bits per heavy atom. The molecule has 0 spiro atoms. The minimum Gasteiger partial charge on any atom is -0.0622 e. The van der Waals surface area contributed by atoms with Crippen LogP contribution < -0.4 is 0 Å². The van der Waals surface area contributed by atoms with Crippen LogP contribution >= 0.6 is 0 Å². The van der Waals surface area contributed by atoms with Gasteiger partial charge in [-0.1, -0.05) is 104 Å². The second-order valence-corrected chi connectivity index (χ2v) is 6.89. The van der Waals surface area contributed by atoms with Gasteiger partial charge in [-0.15, -0.1) is 0 Å². The predicted molar refractivity (Wildman–Crippen MR) is 101 cm³/mol. The Balaban J connectivity index is 2.03. The molecule has 0 unspecified atom stereocenters. The number of hydrogen-bond acceptors (Lipinski definition) is 0. The third-order valence-corrected chi connectivity index (χ3v) is 5.65. The highest BCUT2D eigenvalue weighted by Gasteiger charge is 2.44. The van der Waals surface area contributed by atoms with Crippen molar-refractivity contribution >= 4 is 0 Å². The third kappa shape index (κ3) is 2.47. The molecule has 4 rings (SSSR count). The van der Waals surface area contributed by atoms with Gasteiger partial charge in [0, 0.05) is 5.41 Å². The summed E-state index contributed by atoms with van der Waals surface area (Å²) in [5, 5.41) is 0. The lowest BCUT2D eigenvalue weighted by atomic mass is 9.61. The van der Waals surface area contributed by atoms with Crippen LogP contribution in [-0.4, -0.2) is 0 Å². The van der Waals surface area contributed by atoms with Crippen molar-refractivity contribution in [2.75, 3.05) is 0 Å². The maximum absolute atomic E-state index is 2.32. The van der Waals surface area contributed by atoms with Crippen molar-refractivity contribution in [3.05, 3.63) is 108 Å². The quantitative estimate of drug-likeness (QED) is 0.502.